The Morgan fingerprint density at radius 3 is 2.14 bits per heavy atom. The van der Waals surface area contributed by atoms with E-state index in [2.05, 4.69) is 17.6 Å². The summed E-state index contributed by atoms with van der Waals surface area (Å²) in [4.78, 5) is 41.2. The van der Waals surface area contributed by atoms with Gasteiger partial charge in [-0.25, -0.2) is 4.79 Å². The van der Waals surface area contributed by atoms with Gasteiger partial charge in [0.25, 0.3) is 0 Å². The van der Waals surface area contributed by atoms with E-state index in [-0.39, 0.29) is 5.91 Å². The highest BCUT2D eigenvalue weighted by atomic mass is 16.6. The van der Waals surface area contributed by atoms with Gasteiger partial charge in [0.1, 0.15) is 17.7 Å². The molecule has 2 atom stereocenters. The van der Waals surface area contributed by atoms with Gasteiger partial charge in [0.2, 0.25) is 11.8 Å². The molecule has 37 heavy (non-hydrogen) atoms. The lowest BCUT2D eigenvalue weighted by atomic mass is 10.0. The summed E-state index contributed by atoms with van der Waals surface area (Å²) in [6, 6.07) is 16.4. The lowest BCUT2D eigenvalue weighted by Crippen LogP contribution is -2.54. The van der Waals surface area contributed by atoms with E-state index in [0.29, 0.717) is 25.1 Å². The number of amides is 3. The average Bonchev–Trinajstić information content (AvgIpc) is 2.87. The van der Waals surface area contributed by atoms with Crippen molar-refractivity contribution in [2.75, 3.05) is 13.2 Å². The summed E-state index contributed by atoms with van der Waals surface area (Å²) >= 11 is 0. The van der Waals surface area contributed by atoms with Crippen LogP contribution in [-0.4, -0.2) is 52.7 Å². The molecule has 0 bridgehead atoms. The van der Waals surface area contributed by atoms with Crippen molar-refractivity contribution in [3.05, 3.63) is 71.8 Å². The molecular formula is C29H41N3O5. The molecule has 0 saturated carbocycles. The molecule has 0 saturated heterocycles. The van der Waals surface area contributed by atoms with Gasteiger partial charge in [-0.05, 0) is 38.3 Å². The Hall–Kier alpha value is -3.39. The zero-order valence-corrected chi connectivity index (χ0v) is 22.4. The van der Waals surface area contributed by atoms with Crippen LogP contribution in [0.3, 0.4) is 0 Å². The van der Waals surface area contributed by atoms with Crippen LogP contribution in [0.25, 0.3) is 0 Å². The number of carbonyl (C=O) groups is 3. The number of unbranched alkanes of at least 4 members (excludes halogenated alkanes) is 3. The first-order chi connectivity index (χ1) is 17.7. The molecule has 3 amide bonds. The van der Waals surface area contributed by atoms with Crippen molar-refractivity contribution in [1.82, 2.24) is 15.5 Å². The molecule has 0 fully saturated rings. The number of aliphatic hydroxyl groups excluding tert-OH is 1. The molecule has 0 spiro atoms. The fraction of sp³-hybridized carbons (Fsp3) is 0.483. The monoisotopic (exact) mass is 511 g/mol. The van der Waals surface area contributed by atoms with Gasteiger partial charge in [0, 0.05) is 13.1 Å². The standard InChI is InChI=1S/C29H41N3O5/c1-5-6-7-14-19-32(27(35)24(21-33)31-28(36)37-29(2,3)4)25(23-17-12-9-13-18-23)26(34)30-20-22-15-10-8-11-16-22/h8-13,15-18,24-25,33H,5-7,14,19-21H2,1-4H3,(H,30,34)(H,31,36). The molecule has 0 aliphatic rings. The zero-order chi connectivity index (χ0) is 27.3. The minimum Gasteiger partial charge on any atom is -0.444 e. The molecule has 3 N–H and O–H groups in total. The van der Waals surface area contributed by atoms with Gasteiger partial charge in [-0.2, -0.15) is 0 Å². The predicted octanol–water partition coefficient (Wildman–Crippen LogP) is 4.34. The van der Waals surface area contributed by atoms with Gasteiger partial charge in [0.05, 0.1) is 6.61 Å². The third-order valence-corrected chi connectivity index (χ3v) is 5.69. The Morgan fingerprint density at radius 2 is 1.57 bits per heavy atom. The Balaban J connectivity index is 2.35. The van der Waals surface area contributed by atoms with Gasteiger partial charge in [-0.1, -0.05) is 86.8 Å². The molecule has 0 radical (unpaired) electrons. The Morgan fingerprint density at radius 1 is 0.946 bits per heavy atom. The molecule has 8 nitrogen and oxygen atoms in total. The van der Waals surface area contributed by atoms with E-state index in [4.69, 9.17) is 4.74 Å². The number of rotatable bonds is 13. The molecular weight excluding hydrogens is 470 g/mol. The number of hydrogen-bond acceptors (Lipinski definition) is 5. The first kappa shape index (κ1) is 29.8. The lowest BCUT2D eigenvalue weighted by Gasteiger charge is -2.34. The third-order valence-electron chi connectivity index (χ3n) is 5.69. The molecule has 202 valence electrons. The SMILES string of the molecule is CCCCCCN(C(=O)C(CO)NC(=O)OC(C)(C)C)C(C(=O)NCc1ccccc1)c1ccccc1. The Kier molecular flexibility index (Phi) is 12.1. The van der Waals surface area contributed by atoms with Crippen molar-refractivity contribution in [1.29, 1.82) is 0 Å². The highest BCUT2D eigenvalue weighted by Gasteiger charge is 2.35. The van der Waals surface area contributed by atoms with Crippen LogP contribution in [0.1, 0.15) is 70.5 Å². The first-order valence-corrected chi connectivity index (χ1v) is 12.9. The minimum absolute atomic E-state index is 0.295. The fourth-order valence-corrected chi connectivity index (χ4v) is 3.90. The molecule has 2 rings (SSSR count). The third kappa shape index (κ3) is 10.2. The Labute approximate surface area is 220 Å². The molecule has 2 unspecified atom stereocenters. The van der Waals surface area contributed by atoms with E-state index >= 15 is 0 Å². The lowest BCUT2D eigenvalue weighted by molar-refractivity contribution is -0.143. The number of carbonyl (C=O) groups excluding carboxylic acids is 3. The van der Waals surface area contributed by atoms with E-state index in [1.807, 2.05) is 48.5 Å². The van der Waals surface area contributed by atoms with Crippen molar-refractivity contribution in [3.63, 3.8) is 0 Å². The first-order valence-electron chi connectivity index (χ1n) is 12.9. The van der Waals surface area contributed by atoms with Crippen LogP contribution in [0.2, 0.25) is 0 Å². The van der Waals surface area contributed by atoms with Crippen molar-refractivity contribution in [2.45, 2.75) is 77.6 Å². The molecule has 0 aliphatic carbocycles. The maximum Gasteiger partial charge on any atom is 0.408 e. The van der Waals surface area contributed by atoms with E-state index in [0.717, 1.165) is 24.8 Å². The van der Waals surface area contributed by atoms with Crippen LogP contribution < -0.4 is 10.6 Å². The number of nitrogens with zero attached hydrogens (tertiary/aromatic N) is 1. The maximum atomic E-state index is 13.7. The fourth-order valence-electron chi connectivity index (χ4n) is 3.90. The van der Waals surface area contributed by atoms with E-state index in [9.17, 15) is 19.5 Å². The average molecular weight is 512 g/mol. The van der Waals surface area contributed by atoms with E-state index in [1.54, 1.807) is 32.9 Å². The minimum atomic E-state index is -1.26. The highest BCUT2D eigenvalue weighted by molar-refractivity contribution is 5.92. The largest absolute Gasteiger partial charge is 0.444 e. The zero-order valence-electron chi connectivity index (χ0n) is 22.4. The van der Waals surface area contributed by atoms with Gasteiger partial charge >= 0.3 is 6.09 Å². The maximum absolute atomic E-state index is 13.7. The number of ether oxygens (including phenoxy) is 1. The van der Waals surface area contributed by atoms with Crippen molar-refractivity contribution in [2.24, 2.45) is 0 Å². The van der Waals surface area contributed by atoms with E-state index in [1.165, 1.54) is 4.90 Å². The summed E-state index contributed by atoms with van der Waals surface area (Å²) in [7, 11) is 0. The molecule has 0 aromatic heterocycles. The second-order valence-electron chi connectivity index (χ2n) is 9.99. The number of alkyl carbamates (subject to hydrolysis) is 1. The second kappa shape index (κ2) is 15.0. The summed E-state index contributed by atoms with van der Waals surface area (Å²) in [5, 5.41) is 15.5. The molecule has 2 aromatic carbocycles. The molecule has 0 heterocycles. The number of hydrogen-bond donors (Lipinski definition) is 3. The molecule has 2 aromatic rings. The number of aliphatic hydroxyl groups is 1. The van der Waals surface area contributed by atoms with Crippen molar-refractivity contribution in [3.8, 4) is 0 Å². The summed E-state index contributed by atoms with van der Waals surface area (Å²) in [6.07, 6.45) is 2.77. The summed E-state index contributed by atoms with van der Waals surface area (Å²) in [6.45, 7) is 7.21. The van der Waals surface area contributed by atoms with Gasteiger partial charge in [-0.3, -0.25) is 9.59 Å². The number of nitrogens with one attached hydrogen (secondary N) is 2. The van der Waals surface area contributed by atoms with Crippen molar-refractivity contribution < 1.29 is 24.2 Å². The van der Waals surface area contributed by atoms with Crippen LogP contribution in [0.15, 0.2) is 60.7 Å². The smallest absolute Gasteiger partial charge is 0.408 e. The predicted molar refractivity (Wildman–Crippen MR) is 144 cm³/mol. The quantitative estimate of drug-likeness (QED) is 0.347. The van der Waals surface area contributed by atoms with Crippen LogP contribution in [-0.2, 0) is 20.9 Å². The van der Waals surface area contributed by atoms with Gasteiger partial charge in [-0.15, -0.1) is 0 Å². The second-order valence-corrected chi connectivity index (χ2v) is 9.99. The van der Waals surface area contributed by atoms with Gasteiger partial charge in [0.15, 0.2) is 0 Å². The normalized spacial score (nSPS) is 12.8. The topological polar surface area (TPSA) is 108 Å². The van der Waals surface area contributed by atoms with Crippen LogP contribution in [0, 0.1) is 0 Å². The number of benzene rings is 2. The van der Waals surface area contributed by atoms with Crippen LogP contribution >= 0.6 is 0 Å². The summed E-state index contributed by atoms with van der Waals surface area (Å²) in [5.74, 6) is -0.888. The van der Waals surface area contributed by atoms with Crippen LogP contribution in [0.5, 0.6) is 0 Å². The molecule has 0 aliphatic heterocycles. The van der Waals surface area contributed by atoms with Crippen molar-refractivity contribution >= 4 is 17.9 Å². The van der Waals surface area contributed by atoms with E-state index < -0.39 is 36.3 Å². The Bertz CT molecular complexity index is 976. The summed E-state index contributed by atoms with van der Waals surface area (Å²) in [5.41, 5.74) is 0.811. The van der Waals surface area contributed by atoms with Crippen LogP contribution in [0.4, 0.5) is 4.79 Å². The highest BCUT2D eigenvalue weighted by Crippen LogP contribution is 2.24. The van der Waals surface area contributed by atoms with Gasteiger partial charge < -0.3 is 25.4 Å². The molecule has 8 heteroatoms. The summed E-state index contributed by atoms with van der Waals surface area (Å²) < 4.78 is 5.28.